The third-order valence-corrected chi connectivity index (χ3v) is 7.23. The van der Waals surface area contributed by atoms with Gasteiger partial charge in [0.2, 0.25) is 0 Å². The van der Waals surface area contributed by atoms with Crippen molar-refractivity contribution in [3.63, 3.8) is 0 Å². The average molecular weight is 461 g/mol. The van der Waals surface area contributed by atoms with Crippen molar-refractivity contribution in [1.82, 2.24) is 0 Å². The monoisotopic (exact) mass is 460 g/mol. The Bertz CT molecular complexity index is 1200. The highest BCUT2D eigenvalue weighted by molar-refractivity contribution is 7.99. The van der Waals surface area contributed by atoms with Gasteiger partial charge in [0.05, 0.1) is 5.56 Å². The molecule has 1 saturated carbocycles. The standard InChI is InChI=1S/C25H23F3O3S/c1-14-10-15(2)21(16(3)11-14)22-19(29)12-20(31-23(22)30)24(8-9-24)13-32-18-6-4-17(5-7-18)25(26,27)28/h4-7,10-12,29H,8-9,13H2,1-3H3. The molecule has 0 saturated heterocycles. The number of hydrogen-bond donors (Lipinski definition) is 1. The van der Waals surface area contributed by atoms with E-state index in [0.717, 1.165) is 41.7 Å². The number of aromatic hydroxyl groups is 1. The van der Waals surface area contributed by atoms with Gasteiger partial charge in [-0.3, -0.25) is 0 Å². The van der Waals surface area contributed by atoms with E-state index in [0.29, 0.717) is 22.0 Å². The molecular weight excluding hydrogens is 437 g/mol. The molecule has 0 bridgehead atoms. The van der Waals surface area contributed by atoms with Crippen molar-refractivity contribution >= 4 is 11.8 Å². The fourth-order valence-corrected chi connectivity index (χ4v) is 5.32. The summed E-state index contributed by atoms with van der Waals surface area (Å²) in [7, 11) is 0. The molecule has 3 nitrogen and oxygen atoms in total. The summed E-state index contributed by atoms with van der Waals surface area (Å²) in [5, 5.41) is 10.8. The molecule has 168 valence electrons. The molecule has 1 aliphatic carbocycles. The first-order valence-corrected chi connectivity index (χ1v) is 11.2. The van der Waals surface area contributed by atoms with Gasteiger partial charge in [0.15, 0.2) is 0 Å². The van der Waals surface area contributed by atoms with Crippen molar-refractivity contribution in [2.24, 2.45) is 0 Å². The quantitative estimate of drug-likeness (QED) is 0.427. The molecule has 1 aromatic heterocycles. The van der Waals surface area contributed by atoms with Crippen LogP contribution in [-0.2, 0) is 11.6 Å². The van der Waals surface area contributed by atoms with Gasteiger partial charge in [0.1, 0.15) is 17.1 Å². The Balaban J connectivity index is 1.59. The Morgan fingerprint density at radius 1 is 1.00 bits per heavy atom. The normalized spacial score (nSPS) is 15.1. The number of halogens is 3. The Labute approximate surface area is 188 Å². The second-order valence-electron chi connectivity index (χ2n) is 8.52. The van der Waals surface area contributed by atoms with Crippen LogP contribution in [0.25, 0.3) is 11.1 Å². The van der Waals surface area contributed by atoms with E-state index in [2.05, 4.69) is 0 Å². The zero-order valence-corrected chi connectivity index (χ0v) is 18.8. The molecule has 0 atom stereocenters. The highest BCUT2D eigenvalue weighted by atomic mass is 32.2. The van der Waals surface area contributed by atoms with Crippen molar-refractivity contribution < 1.29 is 22.7 Å². The SMILES string of the molecule is Cc1cc(C)c(-c2c(O)cc(C3(CSc4ccc(C(F)(F)F)cc4)CC3)oc2=O)c(C)c1. The molecule has 0 aliphatic heterocycles. The molecule has 3 aromatic rings. The number of hydrogen-bond acceptors (Lipinski definition) is 4. The van der Waals surface area contributed by atoms with Gasteiger partial charge in [-0.1, -0.05) is 17.7 Å². The minimum Gasteiger partial charge on any atom is -0.507 e. The van der Waals surface area contributed by atoms with E-state index >= 15 is 0 Å². The van der Waals surface area contributed by atoms with E-state index in [1.54, 1.807) is 0 Å². The maximum Gasteiger partial charge on any atom is 0.416 e. The van der Waals surface area contributed by atoms with Crippen LogP contribution in [0.2, 0.25) is 0 Å². The van der Waals surface area contributed by atoms with E-state index in [1.165, 1.54) is 30.0 Å². The van der Waals surface area contributed by atoms with Crippen molar-refractivity contribution in [3.05, 3.63) is 80.9 Å². The van der Waals surface area contributed by atoms with Gasteiger partial charge in [-0.2, -0.15) is 13.2 Å². The van der Waals surface area contributed by atoms with Crippen LogP contribution in [0.4, 0.5) is 13.2 Å². The zero-order valence-electron chi connectivity index (χ0n) is 18.0. The summed E-state index contributed by atoms with van der Waals surface area (Å²) in [6, 6.07) is 10.5. The summed E-state index contributed by atoms with van der Waals surface area (Å²) in [4.78, 5) is 13.6. The first-order valence-electron chi connectivity index (χ1n) is 10.3. The molecule has 1 aliphatic rings. The Morgan fingerprint density at radius 3 is 2.09 bits per heavy atom. The van der Waals surface area contributed by atoms with Gasteiger partial charge < -0.3 is 9.52 Å². The predicted octanol–water partition coefficient (Wildman–Crippen LogP) is 6.78. The molecule has 1 fully saturated rings. The van der Waals surface area contributed by atoms with Crippen molar-refractivity contribution in [2.75, 3.05) is 5.75 Å². The van der Waals surface area contributed by atoms with Gasteiger partial charge >= 0.3 is 11.8 Å². The maximum atomic E-state index is 12.9. The lowest BCUT2D eigenvalue weighted by Crippen LogP contribution is -2.15. The van der Waals surface area contributed by atoms with Gasteiger partial charge in [0, 0.05) is 22.1 Å². The molecule has 0 radical (unpaired) electrons. The van der Waals surface area contributed by atoms with Gasteiger partial charge in [0.25, 0.3) is 0 Å². The largest absolute Gasteiger partial charge is 0.507 e. The zero-order chi connectivity index (χ0) is 23.3. The summed E-state index contributed by atoms with van der Waals surface area (Å²) in [5.41, 5.74) is 2.01. The van der Waals surface area contributed by atoms with Crippen LogP contribution < -0.4 is 5.63 Å². The minimum absolute atomic E-state index is 0.114. The van der Waals surface area contributed by atoms with Crippen LogP contribution >= 0.6 is 11.8 Å². The molecule has 0 spiro atoms. The number of alkyl halides is 3. The fourth-order valence-electron chi connectivity index (χ4n) is 4.12. The van der Waals surface area contributed by atoms with Crippen LogP contribution in [0.3, 0.4) is 0 Å². The number of benzene rings is 2. The average Bonchev–Trinajstić information content (AvgIpc) is 3.48. The first-order chi connectivity index (χ1) is 15.0. The van der Waals surface area contributed by atoms with E-state index < -0.39 is 22.8 Å². The number of thioether (sulfide) groups is 1. The molecule has 1 heterocycles. The molecule has 2 aromatic carbocycles. The molecule has 32 heavy (non-hydrogen) atoms. The summed E-state index contributed by atoms with van der Waals surface area (Å²) in [6.07, 6.45) is -2.80. The molecule has 4 rings (SSSR count). The summed E-state index contributed by atoms with van der Waals surface area (Å²) >= 11 is 1.41. The molecular formula is C25H23F3O3S. The number of rotatable bonds is 5. The Kier molecular flexibility index (Phi) is 5.65. The van der Waals surface area contributed by atoms with E-state index in [9.17, 15) is 23.1 Å². The van der Waals surface area contributed by atoms with E-state index in [-0.39, 0.29) is 11.3 Å². The van der Waals surface area contributed by atoms with Gasteiger partial charge in [-0.25, -0.2) is 4.79 Å². The second-order valence-corrected chi connectivity index (χ2v) is 9.57. The summed E-state index contributed by atoms with van der Waals surface area (Å²) in [5.74, 6) is 0.852. The van der Waals surface area contributed by atoms with Crippen LogP contribution in [0.5, 0.6) is 5.75 Å². The van der Waals surface area contributed by atoms with Crippen molar-refractivity contribution in [3.8, 4) is 16.9 Å². The van der Waals surface area contributed by atoms with E-state index in [1.807, 2.05) is 32.9 Å². The van der Waals surface area contributed by atoms with Crippen LogP contribution in [0, 0.1) is 20.8 Å². The first kappa shape index (κ1) is 22.5. The second kappa shape index (κ2) is 8.03. The third-order valence-electron chi connectivity index (χ3n) is 5.93. The minimum atomic E-state index is -4.36. The predicted molar refractivity (Wildman–Crippen MR) is 119 cm³/mol. The van der Waals surface area contributed by atoms with Crippen LogP contribution in [0.1, 0.15) is 40.9 Å². The maximum absolute atomic E-state index is 12.9. The lowest BCUT2D eigenvalue weighted by Gasteiger charge is -2.17. The molecule has 0 unspecified atom stereocenters. The molecule has 0 amide bonds. The van der Waals surface area contributed by atoms with Gasteiger partial charge in [-0.05, 0) is 74.6 Å². The Hall–Kier alpha value is -2.67. The highest BCUT2D eigenvalue weighted by Gasteiger charge is 2.47. The van der Waals surface area contributed by atoms with Crippen molar-refractivity contribution in [1.29, 1.82) is 0 Å². The third kappa shape index (κ3) is 4.31. The lowest BCUT2D eigenvalue weighted by molar-refractivity contribution is -0.137. The van der Waals surface area contributed by atoms with Crippen molar-refractivity contribution in [2.45, 2.75) is 50.1 Å². The Morgan fingerprint density at radius 2 is 1.59 bits per heavy atom. The molecule has 7 heteroatoms. The lowest BCUT2D eigenvalue weighted by atomic mass is 9.93. The van der Waals surface area contributed by atoms with E-state index in [4.69, 9.17) is 4.42 Å². The van der Waals surface area contributed by atoms with Crippen LogP contribution in [-0.4, -0.2) is 10.9 Å². The smallest absolute Gasteiger partial charge is 0.416 e. The summed E-state index contributed by atoms with van der Waals surface area (Å²) in [6.45, 7) is 5.76. The number of aryl methyl sites for hydroxylation is 3. The topological polar surface area (TPSA) is 50.4 Å². The fraction of sp³-hybridized carbons (Fsp3) is 0.320. The van der Waals surface area contributed by atoms with Crippen LogP contribution in [0.15, 0.2) is 56.6 Å². The van der Waals surface area contributed by atoms with Gasteiger partial charge in [-0.15, -0.1) is 11.8 Å². The summed E-state index contributed by atoms with van der Waals surface area (Å²) < 4.78 is 43.9. The highest BCUT2D eigenvalue weighted by Crippen LogP contribution is 2.52. The molecule has 1 N–H and O–H groups in total.